The molecule has 9 heteroatoms. The number of nitrogens with one attached hydrogen (secondary N) is 1. The summed E-state index contributed by atoms with van der Waals surface area (Å²) in [4.78, 5) is 30.2. The Balaban J connectivity index is 1.48. The van der Waals surface area contributed by atoms with Crippen LogP contribution in [0.1, 0.15) is 44.1 Å². The molecule has 2 saturated heterocycles. The minimum absolute atomic E-state index is 0.149. The van der Waals surface area contributed by atoms with Crippen LogP contribution in [0.4, 0.5) is 17.1 Å². The van der Waals surface area contributed by atoms with Gasteiger partial charge in [0.15, 0.2) is 0 Å². The van der Waals surface area contributed by atoms with Gasteiger partial charge in [-0.15, -0.1) is 0 Å². The first-order chi connectivity index (χ1) is 16.8. The van der Waals surface area contributed by atoms with E-state index in [1.807, 2.05) is 37.3 Å². The van der Waals surface area contributed by atoms with E-state index in [9.17, 15) is 18.0 Å². The Morgan fingerprint density at radius 3 is 2.40 bits per heavy atom. The number of amides is 2. The van der Waals surface area contributed by atoms with Crippen molar-refractivity contribution < 1.29 is 18.0 Å². The molecule has 0 aliphatic carbocycles. The number of carbonyl (C=O) groups excluding carboxylic acids is 2. The molecule has 2 aromatic rings. The highest BCUT2D eigenvalue weighted by atomic mass is 32.2. The SMILES string of the molecule is Cc1ccc(NC(=O)CN2C(=O)[C@H]3CCCCN3c3ccc(S(=O)(=O)N4CCCCC4)cc32)cc1. The van der Waals surface area contributed by atoms with Crippen LogP contribution in [0.5, 0.6) is 0 Å². The number of aryl methyl sites for hydroxylation is 1. The maximum Gasteiger partial charge on any atom is 0.250 e. The zero-order chi connectivity index (χ0) is 24.6. The van der Waals surface area contributed by atoms with Crippen molar-refractivity contribution in [1.82, 2.24) is 4.31 Å². The maximum absolute atomic E-state index is 13.6. The van der Waals surface area contributed by atoms with Crippen LogP contribution in [0.15, 0.2) is 47.4 Å². The molecule has 3 heterocycles. The molecule has 186 valence electrons. The molecular formula is C26H32N4O4S. The van der Waals surface area contributed by atoms with Crippen molar-refractivity contribution in [3.63, 3.8) is 0 Å². The summed E-state index contributed by atoms with van der Waals surface area (Å²) in [7, 11) is -3.67. The molecule has 3 aliphatic heterocycles. The minimum Gasteiger partial charge on any atom is -0.358 e. The number of nitrogens with zero attached hydrogens (tertiary/aromatic N) is 3. The van der Waals surface area contributed by atoms with Gasteiger partial charge in [-0.05, 0) is 69.4 Å². The van der Waals surface area contributed by atoms with E-state index in [4.69, 9.17) is 0 Å². The van der Waals surface area contributed by atoms with Crippen molar-refractivity contribution in [3.05, 3.63) is 48.0 Å². The first-order valence-electron chi connectivity index (χ1n) is 12.4. The number of rotatable bonds is 5. The third-order valence-corrected chi connectivity index (χ3v) is 9.09. The normalized spacial score (nSPS) is 20.8. The number of carbonyl (C=O) groups is 2. The van der Waals surface area contributed by atoms with E-state index >= 15 is 0 Å². The quantitative estimate of drug-likeness (QED) is 0.684. The third-order valence-electron chi connectivity index (χ3n) is 7.19. The highest BCUT2D eigenvalue weighted by Gasteiger charge is 2.41. The Labute approximate surface area is 206 Å². The van der Waals surface area contributed by atoms with Gasteiger partial charge < -0.3 is 10.2 Å². The van der Waals surface area contributed by atoms with Gasteiger partial charge in [0.25, 0.3) is 0 Å². The molecule has 3 aliphatic rings. The molecule has 0 unspecified atom stereocenters. The fourth-order valence-corrected chi connectivity index (χ4v) is 6.83. The number of fused-ring (bicyclic) bond motifs is 3. The molecule has 0 aromatic heterocycles. The molecule has 2 amide bonds. The third kappa shape index (κ3) is 4.67. The summed E-state index contributed by atoms with van der Waals surface area (Å²) >= 11 is 0. The number of anilines is 3. The molecule has 35 heavy (non-hydrogen) atoms. The topological polar surface area (TPSA) is 90.0 Å². The van der Waals surface area contributed by atoms with Gasteiger partial charge in [0.05, 0.1) is 16.3 Å². The molecule has 5 rings (SSSR count). The van der Waals surface area contributed by atoms with E-state index in [0.29, 0.717) is 24.5 Å². The molecule has 1 N–H and O–H groups in total. The largest absolute Gasteiger partial charge is 0.358 e. The summed E-state index contributed by atoms with van der Waals surface area (Å²) in [5.74, 6) is -0.467. The van der Waals surface area contributed by atoms with Crippen molar-refractivity contribution in [1.29, 1.82) is 0 Å². The zero-order valence-corrected chi connectivity index (χ0v) is 20.9. The second-order valence-electron chi connectivity index (χ2n) is 9.66. The number of sulfonamides is 1. The van der Waals surface area contributed by atoms with Gasteiger partial charge in [0.1, 0.15) is 12.6 Å². The standard InChI is InChI=1S/C26H32N4O4S/c1-19-8-10-20(11-9-19)27-25(31)18-30-24-17-21(35(33,34)28-14-4-2-5-15-28)12-13-22(24)29-16-6-3-7-23(29)26(30)32/h8-13,17,23H,2-7,14-16,18H2,1H3,(H,27,31)/t23-/m1/s1. The Kier molecular flexibility index (Phi) is 6.55. The molecule has 2 fully saturated rings. The van der Waals surface area contributed by atoms with Gasteiger partial charge in [-0.25, -0.2) is 8.42 Å². The van der Waals surface area contributed by atoms with Crippen molar-refractivity contribution in [2.45, 2.75) is 56.4 Å². The Bertz CT molecular complexity index is 1220. The Morgan fingerprint density at radius 2 is 1.66 bits per heavy atom. The summed E-state index contributed by atoms with van der Waals surface area (Å²) in [5.41, 5.74) is 3.05. The lowest BCUT2D eigenvalue weighted by atomic mass is 9.96. The zero-order valence-electron chi connectivity index (χ0n) is 20.1. The predicted molar refractivity (Wildman–Crippen MR) is 136 cm³/mol. The van der Waals surface area contributed by atoms with Gasteiger partial charge in [-0.3, -0.25) is 14.5 Å². The second kappa shape index (κ2) is 9.62. The van der Waals surface area contributed by atoms with Crippen LogP contribution < -0.4 is 15.1 Å². The van der Waals surface area contributed by atoms with Crippen LogP contribution in [-0.2, 0) is 19.6 Å². The average molecular weight is 497 g/mol. The van der Waals surface area contributed by atoms with Crippen LogP contribution in [0.3, 0.4) is 0 Å². The minimum atomic E-state index is -3.67. The average Bonchev–Trinajstić information content (AvgIpc) is 2.88. The number of piperidine rings is 2. The van der Waals surface area contributed by atoms with Gasteiger partial charge in [-0.2, -0.15) is 4.31 Å². The van der Waals surface area contributed by atoms with E-state index in [1.54, 1.807) is 12.1 Å². The highest BCUT2D eigenvalue weighted by molar-refractivity contribution is 7.89. The number of hydrogen-bond donors (Lipinski definition) is 1. The van der Waals surface area contributed by atoms with E-state index in [0.717, 1.165) is 56.3 Å². The Hall–Kier alpha value is -2.91. The Morgan fingerprint density at radius 1 is 0.943 bits per heavy atom. The van der Waals surface area contributed by atoms with Crippen LogP contribution in [0, 0.1) is 6.92 Å². The molecule has 0 spiro atoms. The smallest absolute Gasteiger partial charge is 0.250 e. The second-order valence-corrected chi connectivity index (χ2v) is 11.6. The maximum atomic E-state index is 13.6. The monoisotopic (exact) mass is 496 g/mol. The number of benzene rings is 2. The van der Waals surface area contributed by atoms with Crippen molar-refractivity contribution in [2.75, 3.05) is 41.3 Å². The molecule has 8 nitrogen and oxygen atoms in total. The predicted octanol–water partition coefficient (Wildman–Crippen LogP) is 3.51. The molecule has 0 bridgehead atoms. The lowest BCUT2D eigenvalue weighted by molar-refractivity contribution is -0.123. The summed E-state index contributed by atoms with van der Waals surface area (Å²) in [5, 5.41) is 2.86. The van der Waals surface area contributed by atoms with Gasteiger partial charge in [0, 0.05) is 25.3 Å². The fraction of sp³-hybridized carbons (Fsp3) is 0.462. The van der Waals surface area contributed by atoms with Gasteiger partial charge >= 0.3 is 0 Å². The van der Waals surface area contributed by atoms with Crippen molar-refractivity contribution in [2.24, 2.45) is 0 Å². The highest BCUT2D eigenvalue weighted by Crippen LogP contribution is 2.41. The fourth-order valence-electron chi connectivity index (χ4n) is 5.30. The lowest BCUT2D eigenvalue weighted by Gasteiger charge is -2.45. The molecule has 1 atom stereocenters. The molecule has 2 aromatic carbocycles. The van der Waals surface area contributed by atoms with Crippen molar-refractivity contribution >= 4 is 38.9 Å². The van der Waals surface area contributed by atoms with Crippen LogP contribution in [-0.4, -0.2) is 56.8 Å². The van der Waals surface area contributed by atoms with E-state index < -0.39 is 10.0 Å². The van der Waals surface area contributed by atoms with Crippen LogP contribution in [0.25, 0.3) is 0 Å². The number of hydrogen-bond acceptors (Lipinski definition) is 5. The van der Waals surface area contributed by atoms with Crippen molar-refractivity contribution in [3.8, 4) is 0 Å². The first-order valence-corrected chi connectivity index (χ1v) is 13.9. The van der Waals surface area contributed by atoms with Crippen LogP contribution >= 0.6 is 0 Å². The van der Waals surface area contributed by atoms with Gasteiger partial charge in [-0.1, -0.05) is 24.1 Å². The summed E-state index contributed by atoms with van der Waals surface area (Å²) in [6.45, 7) is 3.56. The van der Waals surface area contributed by atoms with Crippen LogP contribution in [0.2, 0.25) is 0 Å². The van der Waals surface area contributed by atoms with E-state index in [2.05, 4.69) is 10.2 Å². The summed E-state index contributed by atoms with van der Waals surface area (Å²) < 4.78 is 28.3. The molecular weight excluding hydrogens is 464 g/mol. The molecule has 0 saturated carbocycles. The lowest BCUT2D eigenvalue weighted by Crippen LogP contribution is -2.56. The van der Waals surface area contributed by atoms with Gasteiger partial charge in [0.2, 0.25) is 21.8 Å². The van der Waals surface area contributed by atoms with E-state index in [-0.39, 0.29) is 29.3 Å². The molecule has 0 radical (unpaired) electrons. The first kappa shape index (κ1) is 23.8. The summed E-state index contributed by atoms with van der Waals surface area (Å²) in [6, 6.07) is 12.2. The summed E-state index contributed by atoms with van der Waals surface area (Å²) in [6.07, 6.45) is 5.39. The van der Waals surface area contributed by atoms with E-state index in [1.165, 1.54) is 9.21 Å².